The number of aryl methyl sites for hydroxylation is 3. The number of phosphoric acid groups is 1. The van der Waals surface area contributed by atoms with Gasteiger partial charge in [-0.1, -0.05) is 37.6 Å². The lowest BCUT2D eigenvalue weighted by molar-refractivity contribution is 0.131. The summed E-state index contributed by atoms with van der Waals surface area (Å²) >= 11 is 0. The Morgan fingerprint density at radius 1 is 1.05 bits per heavy atom. The number of anilines is 1. The van der Waals surface area contributed by atoms with Crippen LogP contribution in [0.4, 0.5) is 5.82 Å². The van der Waals surface area contributed by atoms with Crippen molar-refractivity contribution in [3.8, 4) is 5.75 Å². The van der Waals surface area contributed by atoms with Crippen molar-refractivity contribution in [1.29, 1.82) is 0 Å². The van der Waals surface area contributed by atoms with Gasteiger partial charge in [-0.05, 0) is 61.4 Å². The summed E-state index contributed by atoms with van der Waals surface area (Å²) in [5, 5.41) is 0.957. The van der Waals surface area contributed by atoms with Crippen LogP contribution < -0.4 is 10.3 Å². The van der Waals surface area contributed by atoms with E-state index in [1.165, 1.54) is 6.08 Å². The summed E-state index contributed by atoms with van der Waals surface area (Å²) in [6.45, 7) is 6.00. The molecule has 12 heteroatoms. The zero-order valence-corrected chi connectivity index (χ0v) is 24.3. The number of pyridine rings is 1. The number of aromatic nitrogens is 3. The topological polar surface area (TPSA) is 162 Å². The lowest BCUT2D eigenvalue weighted by Crippen LogP contribution is -2.06. The Bertz CT molecular complexity index is 1610. The molecule has 0 saturated carbocycles. The number of hydrogen-bond acceptors (Lipinski definition) is 8. The maximum Gasteiger partial charge on any atom is 0.524 e. The number of aliphatic imine (C=N–C) groups is 1. The number of hydrogen-bond donors (Lipinski definition) is 3. The van der Waals surface area contributed by atoms with Gasteiger partial charge in [0.25, 0.3) is 0 Å². The normalized spacial score (nSPS) is 11.7. The molecule has 0 amide bonds. The van der Waals surface area contributed by atoms with Crippen molar-refractivity contribution < 1.29 is 28.4 Å². The average molecular weight is 582 g/mol. The summed E-state index contributed by atoms with van der Waals surface area (Å²) in [5.74, 6) is 1.44. The number of ether oxygens (including phenoxy) is 1. The van der Waals surface area contributed by atoms with E-state index in [0.29, 0.717) is 49.6 Å². The summed E-state index contributed by atoms with van der Waals surface area (Å²) in [6.07, 6.45) is 6.67. The average Bonchev–Trinajstić information content (AvgIpc) is 3.28. The highest BCUT2D eigenvalue weighted by atomic mass is 31.2. The molecule has 2 aromatic carbocycles. The lowest BCUT2D eigenvalue weighted by Gasteiger charge is -2.14. The molecule has 218 valence electrons. The molecule has 0 aliphatic rings. The van der Waals surface area contributed by atoms with Crippen molar-refractivity contribution in [2.45, 2.75) is 58.9 Å². The molecule has 2 heterocycles. The molecule has 0 unspecified atom stereocenters. The highest BCUT2D eigenvalue weighted by Crippen LogP contribution is 2.39. The standard InChI is InChI=1S/C29H36N5O6P/c1-3-4-8-26-33-27-28(34(26)18-22-10-12-25(20(2)16-22)40-41(36,37)38)23-11-9-21(17-24(23)32-29(27)30)7-5-14-39-15-6-13-31-19-35/h9-12,16-17H,3-8,13-15,18H2,1-2H3,(H2,30,32)(H2,36,37,38). The van der Waals surface area contributed by atoms with E-state index < -0.39 is 7.82 Å². The van der Waals surface area contributed by atoms with Crippen molar-refractivity contribution >= 4 is 41.7 Å². The molecule has 0 bridgehead atoms. The largest absolute Gasteiger partial charge is 0.524 e. The second kappa shape index (κ2) is 13.9. The molecule has 4 aromatic rings. The number of nitrogens with two attached hydrogens (primary N) is 1. The minimum Gasteiger partial charge on any atom is -0.404 e. The van der Waals surface area contributed by atoms with Crippen LogP contribution in [-0.2, 0) is 33.5 Å². The van der Waals surface area contributed by atoms with Gasteiger partial charge in [-0.25, -0.2) is 24.3 Å². The van der Waals surface area contributed by atoms with Crippen LogP contribution in [0.25, 0.3) is 21.9 Å². The summed E-state index contributed by atoms with van der Waals surface area (Å²) < 4.78 is 23.9. The summed E-state index contributed by atoms with van der Waals surface area (Å²) in [5.41, 5.74) is 11.5. The van der Waals surface area contributed by atoms with E-state index in [1.807, 2.05) is 6.07 Å². The first-order chi connectivity index (χ1) is 19.7. The van der Waals surface area contributed by atoms with Crippen LogP contribution in [0.1, 0.15) is 55.1 Å². The smallest absolute Gasteiger partial charge is 0.404 e. The molecule has 0 atom stereocenters. The van der Waals surface area contributed by atoms with Crippen molar-refractivity contribution in [2.24, 2.45) is 4.99 Å². The van der Waals surface area contributed by atoms with E-state index in [1.54, 1.807) is 19.1 Å². The molecule has 11 nitrogen and oxygen atoms in total. The van der Waals surface area contributed by atoms with E-state index in [0.717, 1.165) is 65.5 Å². The minimum absolute atomic E-state index is 0.146. The highest BCUT2D eigenvalue weighted by Gasteiger charge is 2.20. The summed E-state index contributed by atoms with van der Waals surface area (Å²) in [7, 11) is -4.65. The maximum atomic E-state index is 11.3. The van der Waals surface area contributed by atoms with Crippen LogP contribution in [0.3, 0.4) is 0 Å². The van der Waals surface area contributed by atoms with E-state index in [9.17, 15) is 19.1 Å². The fraction of sp³-hybridized carbons (Fsp3) is 0.414. The first kappa shape index (κ1) is 30.4. The Morgan fingerprint density at radius 3 is 2.56 bits per heavy atom. The van der Waals surface area contributed by atoms with Gasteiger partial charge in [0.05, 0.1) is 17.6 Å². The monoisotopic (exact) mass is 581 g/mol. The summed E-state index contributed by atoms with van der Waals surface area (Å²) in [6, 6.07) is 11.5. The molecule has 0 saturated heterocycles. The highest BCUT2D eigenvalue weighted by molar-refractivity contribution is 7.46. The van der Waals surface area contributed by atoms with Crippen molar-refractivity contribution in [1.82, 2.24) is 14.5 Å². The lowest BCUT2D eigenvalue weighted by atomic mass is 10.1. The van der Waals surface area contributed by atoms with Gasteiger partial charge in [0, 0.05) is 31.6 Å². The third-order valence-electron chi connectivity index (χ3n) is 6.78. The number of phosphoric ester groups is 1. The molecule has 41 heavy (non-hydrogen) atoms. The third-order valence-corrected chi connectivity index (χ3v) is 7.21. The SMILES string of the molecule is CCCCc1nc2c(N)nc3cc(CCCOCCCN=C=O)ccc3c2n1Cc1ccc(OP(=O)(O)O)c(C)c1. The fourth-order valence-electron chi connectivity index (χ4n) is 4.85. The number of benzene rings is 2. The van der Waals surface area contributed by atoms with Crippen LogP contribution in [0.5, 0.6) is 5.75 Å². The number of carbonyl (C=O) groups excluding carboxylic acids is 1. The van der Waals surface area contributed by atoms with Gasteiger partial charge >= 0.3 is 7.82 Å². The molecule has 2 aromatic heterocycles. The van der Waals surface area contributed by atoms with Crippen LogP contribution in [0.2, 0.25) is 0 Å². The van der Waals surface area contributed by atoms with E-state index >= 15 is 0 Å². The Kier molecular flexibility index (Phi) is 10.3. The predicted molar refractivity (Wildman–Crippen MR) is 158 cm³/mol. The van der Waals surface area contributed by atoms with Gasteiger partial charge in [0.1, 0.15) is 17.1 Å². The van der Waals surface area contributed by atoms with Gasteiger partial charge in [0.15, 0.2) is 5.82 Å². The molecule has 0 aliphatic carbocycles. The molecular formula is C29H36N5O6P. The van der Waals surface area contributed by atoms with Gasteiger partial charge < -0.3 is 19.6 Å². The van der Waals surface area contributed by atoms with E-state index in [-0.39, 0.29) is 5.75 Å². The molecule has 4 rings (SSSR count). The van der Waals surface area contributed by atoms with Gasteiger partial charge in [-0.3, -0.25) is 9.79 Å². The van der Waals surface area contributed by atoms with Crippen LogP contribution in [0.15, 0.2) is 41.4 Å². The Balaban J connectivity index is 1.62. The van der Waals surface area contributed by atoms with Gasteiger partial charge in [-0.2, -0.15) is 0 Å². The van der Waals surface area contributed by atoms with Gasteiger partial charge in [-0.15, -0.1) is 0 Å². The van der Waals surface area contributed by atoms with Gasteiger partial charge in [0.2, 0.25) is 6.08 Å². The number of imidazole rings is 1. The molecule has 0 radical (unpaired) electrons. The third kappa shape index (κ3) is 8.00. The fourth-order valence-corrected chi connectivity index (χ4v) is 5.31. The second-order valence-corrected chi connectivity index (χ2v) is 11.2. The Hall–Kier alpha value is -3.59. The Labute approximate surface area is 238 Å². The molecule has 0 spiro atoms. The number of unbranched alkanes of at least 4 members (excludes halogenated alkanes) is 1. The molecular weight excluding hydrogens is 545 g/mol. The molecule has 0 aliphatic heterocycles. The van der Waals surface area contributed by atoms with Crippen LogP contribution in [0, 0.1) is 6.92 Å². The van der Waals surface area contributed by atoms with Crippen molar-refractivity contribution in [3.05, 3.63) is 58.9 Å². The number of nitrogen functional groups attached to an aromatic ring is 1. The number of fused-ring (bicyclic) bond motifs is 3. The first-order valence-electron chi connectivity index (χ1n) is 13.7. The van der Waals surface area contributed by atoms with Crippen molar-refractivity contribution in [3.63, 3.8) is 0 Å². The van der Waals surface area contributed by atoms with Crippen LogP contribution in [-0.4, -0.2) is 50.2 Å². The van der Waals surface area contributed by atoms with Crippen LogP contribution >= 0.6 is 7.82 Å². The van der Waals surface area contributed by atoms with Crippen molar-refractivity contribution in [2.75, 3.05) is 25.5 Å². The molecule has 0 fully saturated rings. The zero-order valence-electron chi connectivity index (χ0n) is 23.4. The summed E-state index contributed by atoms with van der Waals surface area (Å²) in [4.78, 5) is 41.6. The quantitative estimate of drug-likeness (QED) is 0.0758. The minimum atomic E-state index is -4.65. The maximum absolute atomic E-state index is 11.3. The van der Waals surface area contributed by atoms with E-state index in [4.69, 9.17) is 25.0 Å². The number of rotatable bonds is 15. The predicted octanol–water partition coefficient (Wildman–Crippen LogP) is 5.01. The molecule has 4 N–H and O–H groups in total. The first-order valence-corrected chi connectivity index (χ1v) is 15.3. The van der Waals surface area contributed by atoms with E-state index in [2.05, 4.69) is 34.7 Å². The zero-order chi connectivity index (χ0) is 29.4. The second-order valence-electron chi connectivity index (χ2n) is 9.99. The number of isocyanates is 1. The Morgan fingerprint density at radius 2 is 1.83 bits per heavy atom. The number of nitrogens with zero attached hydrogens (tertiary/aromatic N) is 4.